The van der Waals surface area contributed by atoms with Gasteiger partial charge in [0.1, 0.15) is 4.90 Å². The van der Waals surface area contributed by atoms with Crippen molar-refractivity contribution in [2.24, 2.45) is 0 Å². The van der Waals surface area contributed by atoms with Crippen molar-refractivity contribution in [3.8, 4) is 0 Å². The fourth-order valence-corrected chi connectivity index (χ4v) is 5.50. The quantitative estimate of drug-likeness (QED) is 0.684. The fourth-order valence-electron chi connectivity index (χ4n) is 1.97. The monoisotopic (exact) mass is 338 g/mol. The average molecular weight is 339 g/mol. The van der Waals surface area contributed by atoms with E-state index in [1.54, 1.807) is 4.31 Å². The lowest BCUT2D eigenvalue weighted by atomic mass is 10.3. The first kappa shape index (κ1) is 17.9. The normalized spacial score (nSPS) is 12.6. The standard InChI is InChI=1S/C13H23ClN2O2S2/c1-5-6-16(8-7-15(3)4)20(17,18)13-11(2)10-19-12(13)9-14/h10H,5-9H2,1-4H3. The van der Waals surface area contributed by atoms with Gasteiger partial charge in [0, 0.05) is 24.5 Å². The van der Waals surface area contributed by atoms with E-state index in [4.69, 9.17) is 11.6 Å². The molecule has 0 aliphatic carbocycles. The summed E-state index contributed by atoms with van der Waals surface area (Å²) in [6.07, 6.45) is 0.798. The van der Waals surface area contributed by atoms with Crippen LogP contribution in [0.1, 0.15) is 23.8 Å². The highest BCUT2D eigenvalue weighted by atomic mass is 35.5. The summed E-state index contributed by atoms with van der Waals surface area (Å²) < 4.78 is 27.3. The second-order valence-corrected chi connectivity index (χ2v) is 8.12. The summed E-state index contributed by atoms with van der Waals surface area (Å²) >= 11 is 7.29. The van der Waals surface area contributed by atoms with Gasteiger partial charge in [-0.2, -0.15) is 4.31 Å². The molecule has 0 fully saturated rings. The van der Waals surface area contributed by atoms with Crippen LogP contribution in [0.25, 0.3) is 0 Å². The molecule has 116 valence electrons. The van der Waals surface area contributed by atoms with Crippen LogP contribution < -0.4 is 0 Å². The molecule has 7 heteroatoms. The van der Waals surface area contributed by atoms with Crippen molar-refractivity contribution in [2.75, 3.05) is 33.7 Å². The molecule has 0 amide bonds. The third-order valence-electron chi connectivity index (χ3n) is 2.98. The number of thiophene rings is 1. The van der Waals surface area contributed by atoms with Crippen molar-refractivity contribution in [3.05, 3.63) is 15.8 Å². The molecule has 1 aromatic heterocycles. The van der Waals surface area contributed by atoms with Crippen molar-refractivity contribution in [2.45, 2.75) is 31.0 Å². The molecule has 0 N–H and O–H groups in total. The minimum absolute atomic E-state index is 0.237. The lowest BCUT2D eigenvalue weighted by Crippen LogP contribution is -2.37. The van der Waals surface area contributed by atoms with Crippen molar-refractivity contribution < 1.29 is 8.42 Å². The van der Waals surface area contributed by atoms with Crippen LogP contribution in [-0.2, 0) is 15.9 Å². The fraction of sp³-hybridized carbons (Fsp3) is 0.692. The lowest BCUT2D eigenvalue weighted by molar-refractivity contribution is 0.333. The SMILES string of the molecule is CCCN(CCN(C)C)S(=O)(=O)c1c(C)csc1CCl. The molecule has 0 spiro atoms. The molecule has 1 heterocycles. The highest BCUT2D eigenvalue weighted by Gasteiger charge is 2.29. The van der Waals surface area contributed by atoms with Crippen LogP contribution in [0.3, 0.4) is 0 Å². The summed E-state index contributed by atoms with van der Waals surface area (Å²) in [4.78, 5) is 3.13. The Morgan fingerprint density at radius 1 is 1.25 bits per heavy atom. The summed E-state index contributed by atoms with van der Waals surface area (Å²) in [5.41, 5.74) is 0.789. The third kappa shape index (κ3) is 4.18. The first-order valence-electron chi connectivity index (χ1n) is 6.62. The second-order valence-electron chi connectivity index (χ2n) is 5.01. The van der Waals surface area contributed by atoms with Gasteiger partial charge in [-0.05, 0) is 38.4 Å². The van der Waals surface area contributed by atoms with Crippen LogP contribution in [0.2, 0.25) is 0 Å². The molecule has 1 rings (SSSR count). The van der Waals surface area contributed by atoms with Gasteiger partial charge in [0.05, 0.1) is 5.88 Å². The predicted octanol–water partition coefficient (Wildman–Crippen LogP) is 2.76. The van der Waals surface area contributed by atoms with E-state index in [9.17, 15) is 8.42 Å². The molecule has 4 nitrogen and oxygen atoms in total. The maximum Gasteiger partial charge on any atom is 0.244 e. The van der Waals surface area contributed by atoms with Crippen molar-refractivity contribution in [1.29, 1.82) is 0 Å². The summed E-state index contributed by atoms with van der Waals surface area (Å²) in [6.45, 7) is 5.56. The van der Waals surface area contributed by atoms with Gasteiger partial charge >= 0.3 is 0 Å². The van der Waals surface area contributed by atoms with Gasteiger partial charge in [-0.1, -0.05) is 6.92 Å². The number of likely N-dealkylation sites (N-methyl/N-ethyl adjacent to an activating group) is 1. The smallest absolute Gasteiger partial charge is 0.244 e. The van der Waals surface area contributed by atoms with E-state index in [1.165, 1.54) is 11.3 Å². The van der Waals surface area contributed by atoms with E-state index in [1.807, 2.05) is 38.2 Å². The molecule has 0 unspecified atom stereocenters. The number of hydrogen-bond donors (Lipinski definition) is 0. The van der Waals surface area contributed by atoms with Gasteiger partial charge in [-0.15, -0.1) is 22.9 Å². The van der Waals surface area contributed by atoms with Gasteiger partial charge in [0.2, 0.25) is 10.0 Å². The summed E-state index contributed by atoms with van der Waals surface area (Å²) in [5.74, 6) is 0.237. The van der Waals surface area contributed by atoms with Crippen LogP contribution in [0.15, 0.2) is 10.3 Å². The number of sulfonamides is 1. The van der Waals surface area contributed by atoms with E-state index in [2.05, 4.69) is 0 Å². The summed E-state index contributed by atoms with van der Waals surface area (Å²) in [5, 5.41) is 1.86. The topological polar surface area (TPSA) is 40.6 Å². The molecule has 1 aromatic rings. The number of hydrogen-bond acceptors (Lipinski definition) is 4. The molecule has 0 bridgehead atoms. The predicted molar refractivity (Wildman–Crippen MR) is 86.2 cm³/mol. The van der Waals surface area contributed by atoms with Gasteiger partial charge < -0.3 is 4.90 Å². The van der Waals surface area contributed by atoms with E-state index in [-0.39, 0.29) is 5.88 Å². The maximum atomic E-state index is 12.9. The van der Waals surface area contributed by atoms with Crippen LogP contribution >= 0.6 is 22.9 Å². The average Bonchev–Trinajstić information content (AvgIpc) is 2.75. The van der Waals surface area contributed by atoms with Gasteiger partial charge in [-0.3, -0.25) is 0 Å². The Morgan fingerprint density at radius 3 is 2.40 bits per heavy atom. The van der Waals surface area contributed by atoms with Crippen LogP contribution in [0, 0.1) is 6.92 Å². The van der Waals surface area contributed by atoms with Gasteiger partial charge in [0.15, 0.2) is 0 Å². The second kappa shape index (κ2) is 7.75. The maximum absolute atomic E-state index is 12.9. The van der Waals surface area contributed by atoms with E-state index in [0.717, 1.165) is 16.9 Å². The van der Waals surface area contributed by atoms with Crippen molar-refractivity contribution in [1.82, 2.24) is 9.21 Å². The third-order valence-corrected chi connectivity index (χ3v) is 6.77. The zero-order valence-electron chi connectivity index (χ0n) is 12.5. The number of aryl methyl sites for hydroxylation is 1. The highest BCUT2D eigenvalue weighted by Crippen LogP contribution is 2.30. The minimum Gasteiger partial charge on any atom is -0.308 e. The van der Waals surface area contributed by atoms with Gasteiger partial charge in [0.25, 0.3) is 0 Å². The molecule has 0 saturated heterocycles. The summed E-state index contributed by atoms with van der Waals surface area (Å²) in [7, 11) is 0.426. The first-order valence-corrected chi connectivity index (χ1v) is 9.47. The van der Waals surface area contributed by atoms with Crippen LogP contribution in [0.5, 0.6) is 0 Å². The highest BCUT2D eigenvalue weighted by molar-refractivity contribution is 7.89. The van der Waals surface area contributed by atoms with Gasteiger partial charge in [-0.25, -0.2) is 8.42 Å². The zero-order valence-corrected chi connectivity index (χ0v) is 14.9. The van der Waals surface area contributed by atoms with E-state index < -0.39 is 10.0 Å². The molecule has 0 radical (unpaired) electrons. The Hall–Kier alpha value is -0.140. The van der Waals surface area contributed by atoms with Crippen molar-refractivity contribution in [3.63, 3.8) is 0 Å². The Balaban J connectivity index is 3.12. The number of alkyl halides is 1. The zero-order chi connectivity index (χ0) is 15.3. The van der Waals surface area contributed by atoms with E-state index in [0.29, 0.717) is 24.5 Å². The molecular weight excluding hydrogens is 316 g/mol. The number of halogens is 1. The molecule has 0 aliphatic heterocycles. The van der Waals surface area contributed by atoms with E-state index >= 15 is 0 Å². The molecule has 20 heavy (non-hydrogen) atoms. The molecule has 0 atom stereocenters. The largest absolute Gasteiger partial charge is 0.308 e. The van der Waals surface area contributed by atoms with Crippen molar-refractivity contribution >= 4 is 33.0 Å². The number of nitrogens with zero attached hydrogens (tertiary/aromatic N) is 2. The molecule has 0 aromatic carbocycles. The minimum atomic E-state index is -3.46. The Morgan fingerprint density at radius 2 is 1.90 bits per heavy atom. The van der Waals surface area contributed by atoms with Crippen LogP contribution in [-0.4, -0.2) is 51.4 Å². The van der Waals surface area contributed by atoms with Crippen LogP contribution in [0.4, 0.5) is 0 Å². The molecular formula is C13H23ClN2O2S2. The Bertz CT molecular complexity index is 526. The summed E-state index contributed by atoms with van der Waals surface area (Å²) in [6, 6.07) is 0. The molecule has 0 aliphatic rings. The molecule has 0 saturated carbocycles. The Labute approximate surface area is 131 Å². The first-order chi connectivity index (χ1) is 9.34. The lowest BCUT2D eigenvalue weighted by Gasteiger charge is -2.24. The number of rotatable bonds is 8. The Kier molecular flexibility index (Phi) is 6.94.